The number of rotatable bonds is 5. The van der Waals surface area contributed by atoms with Crippen LogP contribution in [0.3, 0.4) is 0 Å². The first-order chi connectivity index (χ1) is 9.22. The Hall–Kier alpha value is -1.35. The summed E-state index contributed by atoms with van der Waals surface area (Å²) in [6.45, 7) is 6.14. The van der Waals surface area contributed by atoms with E-state index in [4.69, 9.17) is 4.74 Å². The van der Waals surface area contributed by atoms with Crippen molar-refractivity contribution in [3.63, 3.8) is 0 Å². The van der Waals surface area contributed by atoms with E-state index < -0.39 is 0 Å². The summed E-state index contributed by atoms with van der Waals surface area (Å²) >= 11 is 0. The van der Waals surface area contributed by atoms with Crippen LogP contribution >= 0.6 is 0 Å². The molecule has 0 bridgehead atoms. The topological polar surface area (TPSA) is 29.5 Å². The molecule has 0 unspecified atom stereocenters. The quantitative estimate of drug-likeness (QED) is 0.763. The molecule has 3 heteroatoms. The van der Waals surface area contributed by atoms with Crippen molar-refractivity contribution in [2.24, 2.45) is 0 Å². The Kier molecular flexibility index (Phi) is 4.97. The molecule has 1 saturated heterocycles. The number of benzene rings is 1. The van der Waals surface area contributed by atoms with Crippen LogP contribution in [0.4, 0.5) is 0 Å². The van der Waals surface area contributed by atoms with Crippen LogP contribution in [-0.2, 0) is 0 Å². The second-order valence-corrected chi connectivity index (χ2v) is 5.37. The predicted molar refractivity (Wildman–Crippen MR) is 76.8 cm³/mol. The molecule has 1 aliphatic heterocycles. The van der Waals surface area contributed by atoms with E-state index in [0.29, 0.717) is 30.0 Å². The van der Waals surface area contributed by atoms with E-state index in [1.54, 1.807) is 6.07 Å². The largest absolute Gasteiger partial charge is 0.492 e. The average molecular weight is 261 g/mol. The van der Waals surface area contributed by atoms with Crippen LogP contribution in [0.25, 0.3) is 0 Å². The Bertz CT molecular complexity index is 409. The Morgan fingerprint density at radius 1 is 1.26 bits per heavy atom. The number of carbonyl (C=O) groups is 1. The van der Waals surface area contributed by atoms with Gasteiger partial charge >= 0.3 is 0 Å². The highest BCUT2D eigenvalue weighted by Gasteiger charge is 2.24. The van der Waals surface area contributed by atoms with Crippen molar-refractivity contribution < 1.29 is 9.53 Å². The van der Waals surface area contributed by atoms with E-state index in [-0.39, 0.29) is 0 Å². The monoisotopic (exact) mass is 261 g/mol. The standard InChI is InChI=1S/C16H23NO2/c1-13-6-5-7-14(2)17(13)10-11-19-16-9-4-3-8-15(16)12-18/h3-4,8-9,12-14H,5-7,10-11H2,1-2H3/t13-,14-/m1/s1. The summed E-state index contributed by atoms with van der Waals surface area (Å²) in [6.07, 6.45) is 4.72. The maximum atomic E-state index is 10.9. The van der Waals surface area contributed by atoms with Crippen LogP contribution in [0.5, 0.6) is 5.75 Å². The van der Waals surface area contributed by atoms with Gasteiger partial charge in [0.05, 0.1) is 5.56 Å². The number of aldehydes is 1. The normalized spacial score (nSPS) is 24.1. The van der Waals surface area contributed by atoms with Gasteiger partial charge in [-0.1, -0.05) is 18.6 Å². The first-order valence-electron chi connectivity index (χ1n) is 7.15. The van der Waals surface area contributed by atoms with Crippen LogP contribution < -0.4 is 4.74 Å². The third kappa shape index (κ3) is 3.57. The van der Waals surface area contributed by atoms with Crippen molar-refractivity contribution in [2.45, 2.75) is 45.2 Å². The van der Waals surface area contributed by atoms with Gasteiger partial charge in [0.25, 0.3) is 0 Å². The highest BCUT2D eigenvalue weighted by molar-refractivity contribution is 5.79. The lowest BCUT2D eigenvalue weighted by atomic mass is 9.98. The summed E-state index contributed by atoms with van der Waals surface area (Å²) < 4.78 is 5.75. The lowest BCUT2D eigenvalue weighted by Crippen LogP contribution is -2.45. The molecule has 2 atom stereocenters. The third-order valence-electron chi connectivity index (χ3n) is 4.03. The van der Waals surface area contributed by atoms with Crippen LogP contribution in [0.2, 0.25) is 0 Å². The van der Waals surface area contributed by atoms with E-state index in [0.717, 1.165) is 12.8 Å². The summed E-state index contributed by atoms with van der Waals surface area (Å²) in [7, 11) is 0. The number of carbonyl (C=O) groups excluding carboxylic acids is 1. The van der Waals surface area contributed by atoms with Crippen LogP contribution in [0.15, 0.2) is 24.3 Å². The number of piperidine rings is 1. The maximum Gasteiger partial charge on any atom is 0.153 e. The molecule has 0 aromatic heterocycles. The molecular formula is C16H23NO2. The second kappa shape index (κ2) is 6.71. The zero-order valence-corrected chi connectivity index (χ0v) is 11.8. The highest BCUT2D eigenvalue weighted by Crippen LogP contribution is 2.22. The fraction of sp³-hybridized carbons (Fsp3) is 0.562. The van der Waals surface area contributed by atoms with E-state index in [1.807, 2.05) is 18.2 Å². The SMILES string of the molecule is C[C@@H]1CCC[C@@H](C)N1CCOc1ccccc1C=O. The van der Waals surface area contributed by atoms with Crippen LogP contribution in [0, 0.1) is 0 Å². The molecule has 0 amide bonds. The molecule has 1 aromatic rings. The Morgan fingerprint density at radius 3 is 2.63 bits per heavy atom. The Morgan fingerprint density at radius 2 is 1.95 bits per heavy atom. The molecule has 1 aliphatic rings. The number of nitrogens with zero attached hydrogens (tertiary/aromatic N) is 1. The Labute approximate surface area is 115 Å². The molecular weight excluding hydrogens is 238 g/mol. The van der Waals surface area contributed by atoms with Gasteiger partial charge in [0.2, 0.25) is 0 Å². The molecule has 0 radical (unpaired) electrons. The molecule has 0 spiro atoms. The van der Waals surface area contributed by atoms with Crippen LogP contribution in [-0.4, -0.2) is 36.4 Å². The third-order valence-corrected chi connectivity index (χ3v) is 4.03. The number of hydrogen-bond acceptors (Lipinski definition) is 3. The second-order valence-electron chi connectivity index (χ2n) is 5.37. The summed E-state index contributed by atoms with van der Waals surface area (Å²) in [6, 6.07) is 8.66. The Balaban J connectivity index is 1.87. The molecule has 2 rings (SSSR count). The van der Waals surface area contributed by atoms with Crippen molar-refractivity contribution in [3.05, 3.63) is 29.8 Å². The van der Waals surface area contributed by atoms with Gasteiger partial charge in [-0.05, 0) is 38.8 Å². The van der Waals surface area contributed by atoms with Gasteiger partial charge in [0, 0.05) is 18.6 Å². The zero-order chi connectivity index (χ0) is 13.7. The lowest BCUT2D eigenvalue weighted by molar-refractivity contribution is 0.0847. The van der Waals surface area contributed by atoms with Crippen molar-refractivity contribution in [1.29, 1.82) is 0 Å². The van der Waals surface area contributed by atoms with E-state index in [2.05, 4.69) is 18.7 Å². The molecule has 104 valence electrons. The van der Waals surface area contributed by atoms with Gasteiger partial charge in [-0.3, -0.25) is 9.69 Å². The van der Waals surface area contributed by atoms with E-state index >= 15 is 0 Å². The fourth-order valence-electron chi connectivity index (χ4n) is 2.89. The van der Waals surface area contributed by atoms with Gasteiger partial charge in [0.15, 0.2) is 6.29 Å². The molecule has 19 heavy (non-hydrogen) atoms. The molecule has 0 saturated carbocycles. The van der Waals surface area contributed by atoms with Crippen molar-refractivity contribution in [3.8, 4) is 5.75 Å². The van der Waals surface area contributed by atoms with E-state index in [1.165, 1.54) is 19.3 Å². The maximum absolute atomic E-state index is 10.9. The minimum absolute atomic E-state index is 0.627. The van der Waals surface area contributed by atoms with Gasteiger partial charge in [-0.15, -0.1) is 0 Å². The summed E-state index contributed by atoms with van der Waals surface area (Å²) in [5, 5.41) is 0. The number of hydrogen-bond donors (Lipinski definition) is 0. The molecule has 1 aromatic carbocycles. The smallest absolute Gasteiger partial charge is 0.153 e. The lowest BCUT2D eigenvalue weighted by Gasteiger charge is -2.38. The number of likely N-dealkylation sites (tertiary alicyclic amines) is 1. The molecule has 1 fully saturated rings. The first-order valence-corrected chi connectivity index (χ1v) is 7.15. The molecule has 1 heterocycles. The van der Waals surface area contributed by atoms with Crippen molar-refractivity contribution >= 4 is 6.29 Å². The fourth-order valence-corrected chi connectivity index (χ4v) is 2.89. The van der Waals surface area contributed by atoms with Crippen molar-refractivity contribution in [2.75, 3.05) is 13.2 Å². The minimum atomic E-state index is 0.627. The highest BCUT2D eigenvalue weighted by atomic mass is 16.5. The molecule has 0 aliphatic carbocycles. The molecule has 0 N–H and O–H groups in total. The van der Waals surface area contributed by atoms with Gasteiger partial charge < -0.3 is 4.74 Å². The average Bonchev–Trinajstić information content (AvgIpc) is 2.42. The van der Waals surface area contributed by atoms with Gasteiger partial charge in [-0.25, -0.2) is 0 Å². The zero-order valence-electron chi connectivity index (χ0n) is 11.8. The molecule has 3 nitrogen and oxygen atoms in total. The summed E-state index contributed by atoms with van der Waals surface area (Å²) in [5.74, 6) is 0.690. The predicted octanol–water partition coefficient (Wildman–Crippen LogP) is 3.14. The van der Waals surface area contributed by atoms with Crippen LogP contribution in [0.1, 0.15) is 43.5 Å². The van der Waals surface area contributed by atoms with Crippen molar-refractivity contribution in [1.82, 2.24) is 4.90 Å². The summed E-state index contributed by atoms with van der Waals surface area (Å²) in [5.41, 5.74) is 0.627. The summed E-state index contributed by atoms with van der Waals surface area (Å²) in [4.78, 5) is 13.4. The number of para-hydroxylation sites is 1. The van der Waals surface area contributed by atoms with Gasteiger partial charge in [0.1, 0.15) is 12.4 Å². The minimum Gasteiger partial charge on any atom is -0.492 e. The van der Waals surface area contributed by atoms with E-state index in [9.17, 15) is 4.79 Å². The first kappa shape index (κ1) is 14.1. The number of ether oxygens (including phenoxy) is 1. The van der Waals surface area contributed by atoms with Gasteiger partial charge in [-0.2, -0.15) is 0 Å².